The monoisotopic (exact) mass is 265 g/mol. The molecule has 0 saturated carbocycles. The summed E-state index contributed by atoms with van der Waals surface area (Å²) in [5.41, 5.74) is 1.04. The van der Waals surface area contributed by atoms with Gasteiger partial charge < -0.3 is 10.1 Å². The van der Waals surface area contributed by atoms with Crippen LogP contribution in [0.1, 0.15) is 12.5 Å². The smallest absolute Gasteiger partial charge is 0.165 e. The molecule has 1 aromatic carbocycles. The molecule has 1 N–H and O–H groups in total. The lowest BCUT2D eigenvalue weighted by molar-refractivity contribution is 0.472. The van der Waals surface area contributed by atoms with Crippen LogP contribution in [-0.2, 0) is 13.6 Å². The second-order valence-corrected chi connectivity index (χ2v) is 4.42. The van der Waals surface area contributed by atoms with E-state index in [1.807, 2.05) is 31.4 Å². The van der Waals surface area contributed by atoms with Gasteiger partial charge in [-0.05, 0) is 24.7 Å². The van der Waals surface area contributed by atoms with Crippen molar-refractivity contribution in [2.45, 2.75) is 13.5 Å². The van der Waals surface area contributed by atoms with Crippen LogP contribution in [0.2, 0.25) is 5.02 Å². The average Bonchev–Trinajstić information content (AvgIpc) is 2.75. The van der Waals surface area contributed by atoms with Crippen molar-refractivity contribution < 1.29 is 4.74 Å². The van der Waals surface area contributed by atoms with E-state index in [2.05, 4.69) is 17.3 Å². The van der Waals surface area contributed by atoms with Crippen LogP contribution in [0.25, 0.3) is 0 Å². The van der Waals surface area contributed by atoms with Gasteiger partial charge in [-0.15, -0.1) is 0 Å². The Bertz CT molecular complexity index is 525. The highest BCUT2D eigenvalue weighted by Crippen LogP contribution is 2.27. The van der Waals surface area contributed by atoms with Crippen molar-refractivity contribution in [2.24, 2.45) is 7.05 Å². The highest BCUT2D eigenvalue weighted by atomic mass is 35.5. The van der Waals surface area contributed by atoms with Gasteiger partial charge in [-0.1, -0.05) is 18.5 Å². The van der Waals surface area contributed by atoms with Gasteiger partial charge in [0.05, 0.1) is 12.4 Å². The molecule has 0 unspecified atom stereocenters. The SMILES string of the molecule is CCNCc1cc(Cl)ccc1Oc1cnn(C)c1. The summed E-state index contributed by atoms with van der Waals surface area (Å²) < 4.78 is 7.50. The molecule has 2 rings (SSSR count). The number of rotatable bonds is 5. The number of benzene rings is 1. The lowest BCUT2D eigenvalue weighted by Gasteiger charge is -2.10. The molecule has 0 amide bonds. The summed E-state index contributed by atoms with van der Waals surface area (Å²) in [6.07, 6.45) is 3.51. The predicted octanol–water partition coefficient (Wildman–Crippen LogP) is 2.98. The third-order valence-electron chi connectivity index (χ3n) is 2.50. The average molecular weight is 266 g/mol. The van der Waals surface area contributed by atoms with Gasteiger partial charge in [0.2, 0.25) is 0 Å². The molecule has 0 radical (unpaired) electrons. The third kappa shape index (κ3) is 3.24. The van der Waals surface area contributed by atoms with Crippen LogP contribution in [0.15, 0.2) is 30.6 Å². The Balaban J connectivity index is 2.20. The number of nitrogens with one attached hydrogen (secondary N) is 1. The molecule has 0 fully saturated rings. The fourth-order valence-corrected chi connectivity index (χ4v) is 1.82. The fourth-order valence-electron chi connectivity index (χ4n) is 1.62. The maximum atomic E-state index is 6.00. The normalized spacial score (nSPS) is 10.6. The maximum Gasteiger partial charge on any atom is 0.165 e. The van der Waals surface area contributed by atoms with E-state index in [1.54, 1.807) is 10.9 Å². The van der Waals surface area contributed by atoms with E-state index in [1.165, 1.54) is 0 Å². The molecule has 2 aromatic rings. The number of hydrogen-bond acceptors (Lipinski definition) is 3. The van der Waals surface area contributed by atoms with Gasteiger partial charge in [0, 0.05) is 24.2 Å². The standard InChI is InChI=1S/C13H16ClN3O/c1-3-15-7-10-6-11(14)4-5-13(10)18-12-8-16-17(2)9-12/h4-6,8-9,15H,3,7H2,1-2H3. The molecule has 0 saturated heterocycles. The first kappa shape index (κ1) is 12.9. The van der Waals surface area contributed by atoms with E-state index in [0.29, 0.717) is 5.02 Å². The van der Waals surface area contributed by atoms with Gasteiger partial charge in [0.15, 0.2) is 5.75 Å². The Hall–Kier alpha value is -1.52. The molecule has 4 nitrogen and oxygen atoms in total. The number of aromatic nitrogens is 2. The lowest BCUT2D eigenvalue weighted by atomic mass is 10.2. The van der Waals surface area contributed by atoms with Gasteiger partial charge in [-0.25, -0.2) is 0 Å². The lowest BCUT2D eigenvalue weighted by Crippen LogP contribution is -2.12. The summed E-state index contributed by atoms with van der Waals surface area (Å²) in [5, 5.41) is 8.05. The first-order chi connectivity index (χ1) is 8.69. The zero-order valence-corrected chi connectivity index (χ0v) is 11.2. The highest BCUT2D eigenvalue weighted by molar-refractivity contribution is 6.30. The van der Waals surface area contributed by atoms with Gasteiger partial charge in [-0.2, -0.15) is 5.10 Å². The van der Waals surface area contributed by atoms with Gasteiger partial charge in [-0.3, -0.25) is 4.68 Å². The van der Waals surface area contributed by atoms with Crippen molar-refractivity contribution in [3.05, 3.63) is 41.2 Å². The van der Waals surface area contributed by atoms with E-state index in [9.17, 15) is 0 Å². The Morgan fingerprint density at radius 1 is 1.44 bits per heavy atom. The van der Waals surface area contributed by atoms with Crippen molar-refractivity contribution in [3.8, 4) is 11.5 Å². The van der Waals surface area contributed by atoms with Gasteiger partial charge >= 0.3 is 0 Å². The Morgan fingerprint density at radius 2 is 2.28 bits per heavy atom. The van der Waals surface area contributed by atoms with Crippen LogP contribution < -0.4 is 10.1 Å². The quantitative estimate of drug-likeness (QED) is 0.903. The molecular formula is C13H16ClN3O. The minimum Gasteiger partial charge on any atom is -0.454 e. The highest BCUT2D eigenvalue weighted by Gasteiger charge is 2.07. The largest absolute Gasteiger partial charge is 0.454 e. The van der Waals surface area contributed by atoms with E-state index in [4.69, 9.17) is 16.3 Å². The van der Waals surface area contributed by atoms with Crippen LogP contribution in [0.3, 0.4) is 0 Å². The van der Waals surface area contributed by atoms with Gasteiger partial charge in [0.1, 0.15) is 5.75 Å². The summed E-state index contributed by atoms with van der Waals surface area (Å²) in [4.78, 5) is 0. The molecule has 0 spiro atoms. The molecule has 0 bridgehead atoms. The number of ether oxygens (including phenoxy) is 1. The van der Waals surface area contributed by atoms with Crippen molar-refractivity contribution in [1.82, 2.24) is 15.1 Å². The van der Waals surface area contributed by atoms with E-state index >= 15 is 0 Å². The summed E-state index contributed by atoms with van der Waals surface area (Å²) >= 11 is 6.00. The minimum atomic E-state index is 0.710. The van der Waals surface area contributed by atoms with Crippen molar-refractivity contribution >= 4 is 11.6 Å². The molecule has 0 atom stereocenters. The summed E-state index contributed by atoms with van der Waals surface area (Å²) in [6, 6.07) is 5.61. The van der Waals surface area contributed by atoms with Crippen LogP contribution in [0.5, 0.6) is 11.5 Å². The van der Waals surface area contributed by atoms with Crippen molar-refractivity contribution in [2.75, 3.05) is 6.54 Å². The predicted molar refractivity (Wildman–Crippen MR) is 72.1 cm³/mol. The number of nitrogens with zero attached hydrogens (tertiary/aromatic N) is 2. The van der Waals surface area contributed by atoms with Crippen molar-refractivity contribution in [3.63, 3.8) is 0 Å². The Labute approximate surface area is 112 Å². The summed E-state index contributed by atoms with van der Waals surface area (Å²) in [7, 11) is 1.86. The molecule has 96 valence electrons. The second-order valence-electron chi connectivity index (χ2n) is 3.98. The molecular weight excluding hydrogens is 250 g/mol. The Kier molecular flexibility index (Phi) is 4.23. The maximum absolute atomic E-state index is 6.00. The zero-order chi connectivity index (χ0) is 13.0. The minimum absolute atomic E-state index is 0.710. The van der Waals surface area contributed by atoms with Crippen LogP contribution in [-0.4, -0.2) is 16.3 Å². The molecule has 0 aliphatic heterocycles. The molecule has 1 aromatic heterocycles. The summed E-state index contributed by atoms with van der Waals surface area (Å²) in [6.45, 7) is 3.69. The zero-order valence-electron chi connectivity index (χ0n) is 10.5. The molecule has 1 heterocycles. The first-order valence-electron chi connectivity index (χ1n) is 5.84. The number of halogens is 1. The number of aryl methyl sites for hydroxylation is 1. The fraction of sp³-hybridized carbons (Fsp3) is 0.308. The van der Waals surface area contributed by atoms with Crippen molar-refractivity contribution in [1.29, 1.82) is 0 Å². The number of hydrogen-bond donors (Lipinski definition) is 1. The van der Waals surface area contributed by atoms with E-state index in [-0.39, 0.29) is 0 Å². The van der Waals surface area contributed by atoms with Crippen LogP contribution in [0.4, 0.5) is 0 Å². The molecule has 5 heteroatoms. The van der Waals surface area contributed by atoms with Gasteiger partial charge in [0.25, 0.3) is 0 Å². The van der Waals surface area contributed by atoms with E-state index in [0.717, 1.165) is 30.2 Å². The second kappa shape index (κ2) is 5.89. The third-order valence-corrected chi connectivity index (χ3v) is 2.73. The summed E-state index contributed by atoms with van der Waals surface area (Å²) in [5.74, 6) is 1.52. The molecule has 18 heavy (non-hydrogen) atoms. The molecule has 0 aliphatic carbocycles. The van der Waals surface area contributed by atoms with Crippen LogP contribution >= 0.6 is 11.6 Å². The van der Waals surface area contributed by atoms with E-state index < -0.39 is 0 Å². The first-order valence-corrected chi connectivity index (χ1v) is 6.22. The Morgan fingerprint density at radius 3 is 2.94 bits per heavy atom. The topological polar surface area (TPSA) is 39.1 Å². The van der Waals surface area contributed by atoms with Crippen LogP contribution in [0, 0.1) is 0 Å². The molecule has 0 aliphatic rings.